The lowest BCUT2D eigenvalue weighted by Crippen LogP contribution is -2.62. The SMILES string of the molecule is C=N/C(=C\C=C(/C)N1C[C@@H](C)N(C2COC2)C[C@@H]1C)Nc1cc(-c2ccnc(N3CCn4c(cc5c4CCCC5)C3=O)c2COC(C)=O)cn(C)c1=O. The lowest BCUT2D eigenvalue weighted by Gasteiger charge is -2.50. The van der Waals surface area contributed by atoms with Gasteiger partial charge in [-0.3, -0.25) is 24.2 Å². The van der Waals surface area contributed by atoms with Crippen molar-refractivity contribution >= 4 is 30.1 Å². The summed E-state index contributed by atoms with van der Waals surface area (Å²) in [5, 5.41) is 3.20. The predicted molar refractivity (Wildman–Crippen MR) is 205 cm³/mol. The zero-order valence-corrected chi connectivity index (χ0v) is 31.4. The Morgan fingerprint density at radius 2 is 1.89 bits per heavy atom. The van der Waals surface area contributed by atoms with Gasteiger partial charge in [0, 0.05) is 87.1 Å². The quantitative estimate of drug-likeness (QED) is 0.183. The molecule has 1 N–H and O–H groups in total. The first-order valence-electron chi connectivity index (χ1n) is 18.6. The molecule has 1 amide bonds. The lowest BCUT2D eigenvalue weighted by atomic mass is 9.98. The maximum atomic E-state index is 14.0. The van der Waals surface area contributed by atoms with Crippen molar-refractivity contribution in [2.24, 2.45) is 12.0 Å². The zero-order valence-electron chi connectivity index (χ0n) is 31.4. The van der Waals surface area contributed by atoms with Crippen LogP contribution < -0.4 is 15.8 Å². The standard InChI is InChI=1S/C40H50N8O5/c1-25(47-19-27(3)48(20-26(47)2)31-22-52-23-31)11-12-37(41-5)43-34-17-30(21-44(6)39(34)50)32-13-14-42-38(33(32)24-53-28(4)49)46-16-15-45-35-10-8-7-9-29(35)18-36(45)40(46)51/h11-14,17-18,21,26-27,31,43H,5,7-10,15-16,19-20,22-24H2,1-4,6H3/b25-11+,37-12+/t26-,27+/m0/s1. The van der Waals surface area contributed by atoms with Gasteiger partial charge >= 0.3 is 5.97 Å². The van der Waals surface area contributed by atoms with Gasteiger partial charge < -0.3 is 28.8 Å². The molecule has 2 saturated heterocycles. The van der Waals surface area contributed by atoms with Crippen molar-refractivity contribution in [2.45, 2.75) is 84.7 Å². The van der Waals surface area contributed by atoms with Crippen molar-refractivity contribution in [1.29, 1.82) is 0 Å². The van der Waals surface area contributed by atoms with Crippen molar-refractivity contribution < 1.29 is 19.1 Å². The van der Waals surface area contributed by atoms with Gasteiger partial charge in [0.25, 0.3) is 11.5 Å². The fourth-order valence-electron chi connectivity index (χ4n) is 8.22. The molecule has 0 saturated carbocycles. The summed E-state index contributed by atoms with van der Waals surface area (Å²) in [6, 6.07) is 6.83. The molecule has 280 valence electrons. The molecule has 1 aliphatic carbocycles. The van der Waals surface area contributed by atoms with E-state index >= 15 is 0 Å². The first-order valence-corrected chi connectivity index (χ1v) is 18.6. The molecule has 0 spiro atoms. The number of ether oxygens (including phenoxy) is 2. The Hall–Kier alpha value is -5.01. The minimum atomic E-state index is -0.450. The highest BCUT2D eigenvalue weighted by Crippen LogP contribution is 2.35. The van der Waals surface area contributed by atoms with E-state index in [2.05, 4.69) is 57.1 Å². The van der Waals surface area contributed by atoms with Gasteiger partial charge in [0.05, 0.1) is 19.3 Å². The third-order valence-corrected chi connectivity index (χ3v) is 11.1. The van der Waals surface area contributed by atoms with E-state index in [9.17, 15) is 14.4 Å². The smallest absolute Gasteiger partial charge is 0.302 e. The molecule has 2 atom stereocenters. The van der Waals surface area contributed by atoms with E-state index in [1.807, 2.05) is 24.3 Å². The average molecular weight is 723 g/mol. The molecule has 13 nitrogen and oxygen atoms in total. The van der Waals surface area contributed by atoms with Crippen LogP contribution in [0.5, 0.6) is 0 Å². The number of aryl methyl sites for hydroxylation is 2. The van der Waals surface area contributed by atoms with Crippen LogP contribution in [0.2, 0.25) is 0 Å². The van der Waals surface area contributed by atoms with Crippen molar-refractivity contribution in [3.63, 3.8) is 0 Å². The Labute approximate surface area is 310 Å². The largest absolute Gasteiger partial charge is 0.461 e. The number of nitrogens with one attached hydrogen (secondary N) is 1. The number of pyridine rings is 2. The van der Waals surface area contributed by atoms with Gasteiger partial charge in [-0.1, -0.05) is 0 Å². The second-order valence-corrected chi connectivity index (χ2v) is 14.7. The number of piperazine rings is 1. The summed E-state index contributed by atoms with van der Waals surface area (Å²) in [4.78, 5) is 55.1. The first-order chi connectivity index (χ1) is 25.5. The van der Waals surface area contributed by atoms with Crippen LogP contribution in [0.25, 0.3) is 11.1 Å². The molecule has 3 aromatic heterocycles. The Balaban J connectivity index is 1.17. The van der Waals surface area contributed by atoms with Crippen molar-refractivity contribution in [3.8, 4) is 11.1 Å². The lowest BCUT2D eigenvalue weighted by molar-refractivity contribution is -0.142. The number of aliphatic imine (C=N–C) groups is 1. The molecular formula is C40H50N8O5. The topological polar surface area (TPSA) is 127 Å². The minimum Gasteiger partial charge on any atom is -0.461 e. The molecule has 53 heavy (non-hydrogen) atoms. The van der Waals surface area contributed by atoms with Gasteiger partial charge in [-0.05, 0) is 94.7 Å². The fourth-order valence-corrected chi connectivity index (χ4v) is 8.22. The van der Waals surface area contributed by atoms with Crippen LogP contribution in [0.15, 0.2) is 64.0 Å². The normalized spacial score (nSPS) is 21.2. The molecule has 6 heterocycles. The molecular weight excluding hydrogens is 672 g/mol. The van der Waals surface area contributed by atoms with E-state index in [1.54, 1.807) is 30.4 Å². The number of carbonyl (C=O) groups excluding carboxylic acids is 2. The van der Waals surface area contributed by atoms with Gasteiger partial charge in [-0.15, -0.1) is 0 Å². The van der Waals surface area contributed by atoms with Gasteiger partial charge in [0.15, 0.2) is 0 Å². The molecule has 13 heteroatoms. The molecule has 3 aliphatic heterocycles. The number of aromatic nitrogens is 3. The van der Waals surface area contributed by atoms with Gasteiger partial charge in [-0.2, -0.15) is 0 Å². The van der Waals surface area contributed by atoms with E-state index in [1.165, 1.54) is 22.7 Å². The zero-order chi connectivity index (χ0) is 37.4. The number of carbonyl (C=O) groups is 2. The molecule has 2 fully saturated rings. The third-order valence-electron chi connectivity index (χ3n) is 11.1. The summed E-state index contributed by atoms with van der Waals surface area (Å²) in [5.41, 5.74) is 6.26. The van der Waals surface area contributed by atoms with Gasteiger partial charge in [-0.25, -0.2) is 9.98 Å². The highest BCUT2D eigenvalue weighted by Gasteiger charge is 2.36. The number of anilines is 2. The Morgan fingerprint density at radius 3 is 2.62 bits per heavy atom. The van der Waals surface area contributed by atoms with Crippen LogP contribution >= 0.6 is 0 Å². The van der Waals surface area contributed by atoms with Gasteiger partial charge in [0.1, 0.15) is 29.6 Å². The van der Waals surface area contributed by atoms with E-state index in [4.69, 9.17) is 9.47 Å². The molecule has 0 radical (unpaired) electrons. The van der Waals surface area contributed by atoms with E-state index < -0.39 is 5.97 Å². The molecule has 0 unspecified atom stereocenters. The molecule has 0 bridgehead atoms. The number of hydrogen-bond donors (Lipinski definition) is 1. The predicted octanol–water partition coefficient (Wildman–Crippen LogP) is 4.50. The number of allylic oxidation sites excluding steroid dienone is 3. The molecule has 3 aromatic rings. The second kappa shape index (κ2) is 15.2. The fraction of sp³-hybridized carbons (Fsp3) is 0.475. The Bertz CT molecular complexity index is 2040. The van der Waals surface area contributed by atoms with Crippen molar-refractivity contribution in [2.75, 3.05) is 43.1 Å². The summed E-state index contributed by atoms with van der Waals surface area (Å²) < 4.78 is 14.6. The maximum absolute atomic E-state index is 14.0. The van der Waals surface area contributed by atoms with E-state index in [-0.39, 0.29) is 18.1 Å². The highest BCUT2D eigenvalue weighted by molar-refractivity contribution is 6.06. The second-order valence-electron chi connectivity index (χ2n) is 14.7. The van der Waals surface area contributed by atoms with Crippen LogP contribution in [0.1, 0.15) is 67.8 Å². The number of nitrogens with zero attached hydrogens (tertiary/aromatic N) is 7. The van der Waals surface area contributed by atoms with Crippen LogP contribution in [-0.2, 0) is 47.3 Å². The summed E-state index contributed by atoms with van der Waals surface area (Å²) in [6.07, 6.45) is 11.5. The van der Waals surface area contributed by atoms with Crippen LogP contribution in [-0.4, -0.2) is 93.5 Å². The van der Waals surface area contributed by atoms with Crippen LogP contribution in [0.4, 0.5) is 11.5 Å². The number of esters is 1. The monoisotopic (exact) mass is 722 g/mol. The Morgan fingerprint density at radius 1 is 1.09 bits per heavy atom. The first kappa shape index (κ1) is 36.4. The molecule has 4 aliphatic rings. The summed E-state index contributed by atoms with van der Waals surface area (Å²) >= 11 is 0. The number of amides is 1. The maximum Gasteiger partial charge on any atom is 0.302 e. The van der Waals surface area contributed by atoms with Gasteiger partial charge in [0.2, 0.25) is 0 Å². The van der Waals surface area contributed by atoms with Crippen molar-refractivity contribution in [3.05, 3.63) is 87.1 Å². The van der Waals surface area contributed by atoms with Crippen LogP contribution in [0.3, 0.4) is 0 Å². The van der Waals surface area contributed by atoms with E-state index in [0.29, 0.717) is 70.9 Å². The summed E-state index contributed by atoms with van der Waals surface area (Å²) in [5.74, 6) is 0.275. The van der Waals surface area contributed by atoms with E-state index in [0.717, 1.165) is 57.7 Å². The highest BCUT2D eigenvalue weighted by atomic mass is 16.5. The van der Waals surface area contributed by atoms with Crippen molar-refractivity contribution in [1.82, 2.24) is 23.9 Å². The molecule has 0 aromatic carbocycles. The minimum absolute atomic E-state index is 0.0933. The summed E-state index contributed by atoms with van der Waals surface area (Å²) in [6.45, 7) is 16.2. The third kappa shape index (κ3) is 7.19. The number of rotatable bonds is 10. The number of fused-ring (bicyclic) bond motifs is 3. The molecule has 7 rings (SSSR count). The Kier molecular flexibility index (Phi) is 10.4. The average Bonchev–Trinajstić information content (AvgIpc) is 3.51. The van der Waals surface area contributed by atoms with Crippen LogP contribution in [0, 0.1) is 0 Å². The summed E-state index contributed by atoms with van der Waals surface area (Å²) in [7, 11) is 1.68. The number of hydrogen-bond acceptors (Lipinski definition) is 10.